The largest absolute Gasteiger partial charge is 0.391 e. The summed E-state index contributed by atoms with van der Waals surface area (Å²) in [5.74, 6) is 0. The molecule has 0 aliphatic rings. The van der Waals surface area contributed by atoms with E-state index in [4.69, 9.17) is 0 Å². The summed E-state index contributed by atoms with van der Waals surface area (Å²) in [6.45, 7) is 4.41. The first-order valence-electron chi connectivity index (χ1n) is 6.79. The maximum absolute atomic E-state index is 10.9. The van der Waals surface area contributed by atoms with E-state index in [1.807, 2.05) is 43.0 Å². The van der Waals surface area contributed by atoms with Gasteiger partial charge < -0.3 is 10.0 Å². The van der Waals surface area contributed by atoms with Gasteiger partial charge in [0.1, 0.15) is 0 Å². The number of nitro benzene ring substituents is 1. The second-order valence-electron chi connectivity index (χ2n) is 4.81. The van der Waals surface area contributed by atoms with E-state index in [0.717, 1.165) is 17.9 Å². The Labute approximate surface area is 123 Å². The molecule has 0 spiro atoms. The number of nitrogens with zero attached hydrogens (tertiary/aromatic N) is 2. The van der Waals surface area contributed by atoms with Gasteiger partial charge in [-0.3, -0.25) is 10.1 Å². The Morgan fingerprint density at radius 2 is 1.76 bits per heavy atom. The van der Waals surface area contributed by atoms with Gasteiger partial charge in [0.15, 0.2) is 0 Å². The summed E-state index contributed by atoms with van der Waals surface area (Å²) in [6.07, 6.45) is 0. The fourth-order valence-corrected chi connectivity index (χ4v) is 2.28. The van der Waals surface area contributed by atoms with Crippen LogP contribution in [0.15, 0.2) is 42.5 Å². The second-order valence-corrected chi connectivity index (χ2v) is 4.81. The van der Waals surface area contributed by atoms with E-state index in [1.54, 1.807) is 12.1 Å². The molecule has 0 aliphatic heterocycles. The lowest BCUT2D eigenvalue weighted by Gasteiger charge is -2.24. The summed E-state index contributed by atoms with van der Waals surface area (Å²) >= 11 is 0. The Bertz CT molecular complexity index is 638. The van der Waals surface area contributed by atoms with E-state index < -0.39 is 4.92 Å². The third-order valence-electron chi connectivity index (χ3n) is 3.40. The van der Waals surface area contributed by atoms with Crippen LogP contribution in [0, 0.1) is 17.0 Å². The molecular formula is C16H18N2O3. The standard InChI is InChI=1S/C16H18N2O3/c1-3-17(14-6-4-12(2)5-7-14)15-8-9-16(18(20)21)13(10-15)11-19/h4-10,19H,3,11H2,1-2H3. The van der Waals surface area contributed by atoms with Crippen molar-refractivity contribution in [2.45, 2.75) is 20.5 Å². The number of aliphatic hydroxyl groups excluding tert-OH is 1. The minimum Gasteiger partial charge on any atom is -0.391 e. The Morgan fingerprint density at radius 3 is 2.29 bits per heavy atom. The van der Waals surface area contributed by atoms with Crippen LogP contribution in [0.4, 0.5) is 17.1 Å². The van der Waals surface area contributed by atoms with Gasteiger partial charge in [-0.05, 0) is 38.1 Å². The molecule has 110 valence electrons. The number of aryl methyl sites for hydroxylation is 1. The quantitative estimate of drug-likeness (QED) is 0.674. The van der Waals surface area contributed by atoms with Crippen LogP contribution in [0.3, 0.4) is 0 Å². The van der Waals surface area contributed by atoms with Crippen molar-refractivity contribution in [3.63, 3.8) is 0 Å². The summed E-state index contributed by atoms with van der Waals surface area (Å²) in [5.41, 5.74) is 3.29. The van der Waals surface area contributed by atoms with Gasteiger partial charge in [-0.2, -0.15) is 0 Å². The highest BCUT2D eigenvalue weighted by Crippen LogP contribution is 2.30. The SMILES string of the molecule is CCN(c1ccc(C)cc1)c1ccc([N+](=O)[O-])c(CO)c1. The van der Waals surface area contributed by atoms with Gasteiger partial charge in [-0.15, -0.1) is 0 Å². The Morgan fingerprint density at radius 1 is 1.14 bits per heavy atom. The lowest BCUT2D eigenvalue weighted by atomic mass is 10.1. The van der Waals surface area contributed by atoms with Crippen molar-refractivity contribution in [2.24, 2.45) is 0 Å². The molecular weight excluding hydrogens is 268 g/mol. The predicted octanol–water partition coefficient (Wildman–Crippen LogP) is 3.55. The van der Waals surface area contributed by atoms with Crippen LogP contribution in [0.25, 0.3) is 0 Å². The van der Waals surface area contributed by atoms with Crippen molar-refractivity contribution in [2.75, 3.05) is 11.4 Å². The van der Waals surface area contributed by atoms with Gasteiger partial charge >= 0.3 is 0 Å². The van der Waals surface area contributed by atoms with Gasteiger partial charge in [0.25, 0.3) is 5.69 Å². The smallest absolute Gasteiger partial charge is 0.275 e. The number of nitro groups is 1. The van der Waals surface area contributed by atoms with Crippen LogP contribution in [0.5, 0.6) is 0 Å². The van der Waals surface area contributed by atoms with E-state index in [2.05, 4.69) is 0 Å². The Balaban J connectivity index is 2.43. The van der Waals surface area contributed by atoms with Crippen molar-refractivity contribution in [3.05, 3.63) is 63.7 Å². The molecule has 0 amide bonds. The maximum Gasteiger partial charge on any atom is 0.275 e. The average molecular weight is 286 g/mol. The van der Waals surface area contributed by atoms with Gasteiger partial charge in [0.05, 0.1) is 17.1 Å². The number of benzene rings is 2. The molecule has 0 bridgehead atoms. The molecule has 0 unspecified atom stereocenters. The zero-order valence-corrected chi connectivity index (χ0v) is 12.1. The molecule has 0 aromatic heterocycles. The van der Waals surface area contributed by atoms with Gasteiger partial charge in [0.2, 0.25) is 0 Å². The molecule has 21 heavy (non-hydrogen) atoms. The lowest BCUT2D eigenvalue weighted by Crippen LogP contribution is -2.16. The van der Waals surface area contributed by atoms with Crippen molar-refractivity contribution < 1.29 is 10.0 Å². The monoisotopic (exact) mass is 286 g/mol. The average Bonchev–Trinajstić information content (AvgIpc) is 2.49. The van der Waals surface area contributed by atoms with E-state index in [0.29, 0.717) is 5.56 Å². The molecule has 0 saturated carbocycles. The summed E-state index contributed by atoms with van der Waals surface area (Å²) in [4.78, 5) is 12.5. The fourth-order valence-electron chi connectivity index (χ4n) is 2.28. The molecule has 0 aliphatic carbocycles. The first-order chi connectivity index (χ1) is 10.1. The van der Waals surface area contributed by atoms with Crippen molar-refractivity contribution in [3.8, 4) is 0 Å². The second kappa shape index (κ2) is 6.37. The van der Waals surface area contributed by atoms with Crippen molar-refractivity contribution in [1.29, 1.82) is 0 Å². The minimum atomic E-state index is -0.475. The molecule has 0 atom stereocenters. The summed E-state index contributed by atoms with van der Waals surface area (Å²) < 4.78 is 0. The summed E-state index contributed by atoms with van der Waals surface area (Å²) in [6, 6.07) is 12.9. The number of anilines is 2. The van der Waals surface area contributed by atoms with Crippen LogP contribution in [-0.2, 0) is 6.61 Å². The first-order valence-corrected chi connectivity index (χ1v) is 6.79. The van der Waals surface area contributed by atoms with E-state index in [9.17, 15) is 15.2 Å². The highest BCUT2D eigenvalue weighted by atomic mass is 16.6. The normalized spacial score (nSPS) is 10.4. The molecule has 1 N–H and O–H groups in total. The highest BCUT2D eigenvalue weighted by molar-refractivity contribution is 5.66. The Kier molecular flexibility index (Phi) is 4.55. The molecule has 5 heteroatoms. The van der Waals surface area contributed by atoms with Gasteiger partial charge in [-0.25, -0.2) is 0 Å². The first kappa shape index (κ1) is 15.0. The fraction of sp³-hybridized carbons (Fsp3) is 0.250. The van der Waals surface area contributed by atoms with Crippen molar-refractivity contribution >= 4 is 17.1 Å². The lowest BCUT2D eigenvalue weighted by molar-refractivity contribution is -0.385. The van der Waals surface area contributed by atoms with Crippen LogP contribution >= 0.6 is 0 Å². The number of aliphatic hydroxyl groups is 1. The van der Waals surface area contributed by atoms with Gasteiger partial charge in [0, 0.05) is 24.0 Å². The molecule has 0 fully saturated rings. The zero-order chi connectivity index (χ0) is 15.4. The number of hydrogen-bond donors (Lipinski definition) is 1. The van der Waals surface area contributed by atoms with Crippen LogP contribution < -0.4 is 4.90 Å². The third kappa shape index (κ3) is 3.20. The predicted molar refractivity (Wildman–Crippen MR) is 82.9 cm³/mol. The molecule has 0 saturated heterocycles. The van der Waals surface area contributed by atoms with Crippen LogP contribution in [0.1, 0.15) is 18.1 Å². The molecule has 0 heterocycles. The number of hydrogen-bond acceptors (Lipinski definition) is 4. The van der Waals surface area contributed by atoms with Crippen LogP contribution in [-0.4, -0.2) is 16.6 Å². The minimum absolute atomic E-state index is 0.0544. The molecule has 5 nitrogen and oxygen atoms in total. The molecule has 2 aromatic carbocycles. The van der Waals surface area contributed by atoms with E-state index >= 15 is 0 Å². The van der Waals surface area contributed by atoms with E-state index in [1.165, 1.54) is 11.6 Å². The topological polar surface area (TPSA) is 66.6 Å². The Hall–Kier alpha value is -2.40. The molecule has 2 aromatic rings. The van der Waals surface area contributed by atoms with E-state index in [-0.39, 0.29) is 12.3 Å². The van der Waals surface area contributed by atoms with Crippen molar-refractivity contribution in [1.82, 2.24) is 0 Å². The molecule has 2 rings (SSSR count). The number of rotatable bonds is 5. The zero-order valence-electron chi connectivity index (χ0n) is 12.1. The third-order valence-corrected chi connectivity index (χ3v) is 3.40. The van der Waals surface area contributed by atoms with Crippen LogP contribution in [0.2, 0.25) is 0 Å². The molecule has 0 radical (unpaired) electrons. The summed E-state index contributed by atoms with van der Waals surface area (Å²) in [5, 5.41) is 20.2. The highest BCUT2D eigenvalue weighted by Gasteiger charge is 2.16. The maximum atomic E-state index is 10.9. The van der Waals surface area contributed by atoms with Gasteiger partial charge in [-0.1, -0.05) is 17.7 Å². The summed E-state index contributed by atoms with van der Waals surface area (Å²) in [7, 11) is 0.